The molecule has 2 aromatic rings. The molecule has 20 heavy (non-hydrogen) atoms. The number of rotatable bonds is 2. The summed E-state index contributed by atoms with van der Waals surface area (Å²) in [6.45, 7) is 1.92. The Bertz CT molecular complexity index is 700. The highest BCUT2D eigenvalue weighted by Crippen LogP contribution is 2.41. The average molecular weight is 287 g/mol. The van der Waals surface area contributed by atoms with Gasteiger partial charge >= 0.3 is 0 Å². The third-order valence-electron chi connectivity index (χ3n) is 4.08. The Morgan fingerprint density at radius 3 is 2.70 bits per heavy atom. The van der Waals surface area contributed by atoms with Gasteiger partial charge in [-0.3, -0.25) is 4.57 Å². The first-order valence-corrected chi connectivity index (χ1v) is 7.41. The Labute approximate surface area is 122 Å². The minimum Gasteiger partial charge on any atom is -0.371 e. The minimum absolute atomic E-state index is 0.531. The third-order valence-corrected chi connectivity index (χ3v) is 4.37. The first kappa shape index (κ1) is 12.0. The molecule has 1 aliphatic carbocycles. The molecule has 1 aliphatic heterocycles. The maximum absolute atomic E-state index is 5.39. The van der Waals surface area contributed by atoms with Crippen LogP contribution in [0, 0.1) is 4.77 Å². The van der Waals surface area contributed by atoms with Gasteiger partial charge in [-0.2, -0.15) is 0 Å². The molecular weight excluding hydrogens is 270 g/mol. The van der Waals surface area contributed by atoms with E-state index < -0.39 is 0 Å². The molecule has 5 nitrogen and oxygen atoms in total. The Hall–Kier alpha value is -1.82. The molecule has 0 amide bonds. The van der Waals surface area contributed by atoms with Gasteiger partial charge in [0.1, 0.15) is 0 Å². The van der Waals surface area contributed by atoms with Crippen molar-refractivity contribution in [2.75, 3.05) is 29.9 Å². The highest BCUT2D eigenvalue weighted by molar-refractivity contribution is 7.71. The summed E-state index contributed by atoms with van der Waals surface area (Å²) in [7, 11) is 2.13. The van der Waals surface area contributed by atoms with E-state index in [0.29, 0.717) is 6.04 Å². The lowest BCUT2D eigenvalue weighted by molar-refractivity contribution is 0.700. The van der Waals surface area contributed by atoms with E-state index in [1.54, 1.807) is 0 Å². The predicted octanol–water partition coefficient (Wildman–Crippen LogP) is 2.86. The van der Waals surface area contributed by atoms with Crippen molar-refractivity contribution < 1.29 is 0 Å². The van der Waals surface area contributed by atoms with Gasteiger partial charge in [-0.25, -0.2) is 5.10 Å². The van der Waals surface area contributed by atoms with E-state index in [4.69, 9.17) is 12.2 Å². The molecule has 4 rings (SSSR count). The molecule has 2 heterocycles. The molecule has 1 aromatic heterocycles. The highest BCUT2D eigenvalue weighted by Gasteiger charge is 2.31. The van der Waals surface area contributed by atoms with E-state index in [0.717, 1.165) is 23.8 Å². The van der Waals surface area contributed by atoms with Crippen molar-refractivity contribution in [3.8, 4) is 0 Å². The lowest BCUT2D eigenvalue weighted by atomic mass is 10.2. The van der Waals surface area contributed by atoms with Crippen LogP contribution in [0.1, 0.15) is 18.9 Å². The molecule has 1 N–H and O–H groups in total. The van der Waals surface area contributed by atoms with Crippen molar-refractivity contribution in [3.05, 3.63) is 29.0 Å². The lowest BCUT2D eigenvalue weighted by Crippen LogP contribution is -2.37. The quantitative estimate of drug-likeness (QED) is 0.862. The fraction of sp³-hybridized carbons (Fsp3) is 0.429. The monoisotopic (exact) mass is 287 g/mol. The van der Waals surface area contributed by atoms with E-state index >= 15 is 0 Å². The highest BCUT2D eigenvalue weighted by atomic mass is 32.1. The number of nitrogens with zero attached hydrogens (tertiary/aromatic N) is 4. The van der Waals surface area contributed by atoms with Crippen LogP contribution < -0.4 is 9.80 Å². The second-order valence-corrected chi connectivity index (χ2v) is 5.88. The summed E-state index contributed by atoms with van der Waals surface area (Å²) in [6, 6.07) is 9.00. The summed E-state index contributed by atoms with van der Waals surface area (Å²) in [4.78, 5) is 4.56. The van der Waals surface area contributed by atoms with Crippen molar-refractivity contribution in [1.82, 2.24) is 14.8 Å². The Morgan fingerprint density at radius 1 is 1.20 bits per heavy atom. The van der Waals surface area contributed by atoms with Gasteiger partial charge in [0.2, 0.25) is 5.95 Å². The van der Waals surface area contributed by atoms with Gasteiger partial charge in [0.05, 0.1) is 11.4 Å². The predicted molar refractivity (Wildman–Crippen MR) is 82.4 cm³/mol. The third kappa shape index (κ3) is 1.75. The van der Waals surface area contributed by atoms with E-state index in [-0.39, 0.29) is 0 Å². The molecule has 2 aliphatic rings. The standard InChI is InChI=1S/C14H17N5S/c1-17-8-9-18(12-5-3-2-4-11(12)17)13-15-16-14(20)19(13)10-6-7-10/h2-5,10H,6-9H2,1H3,(H,16,20). The van der Waals surface area contributed by atoms with Crippen LogP contribution in [0.15, 0.2) is 24.3 Å². The molecule has 0 atom stereocenters. The molecule has 1 aromatic carbocycles. The number of nitrogens with one attached hydrogen (secondary N) is 1. The number of benzene rings is 1. The molecule has 6 heteroatoms. The molecule has 104 valence electrons. The zero-order valence-corrected chi connectivity index (χ0v) is 12.2. The first-order valence-electron chi connectivity index (χ1n) is 7.00. The van der Waals surface area contributed by atoms with Crippen molar-refractivity contribution in [3.63, 3.8) is 0 Å². The van der Waals surface area contributed by atoms with E-state index in [2.05, 4.69) is 55.9 Å². The fourth-order valence-electron chi connectivity index (χ4n) is 2.86. The first-order chi connectivity index (χ1) is 9.75. The number of likely N-dealkylation sites (N-methyl/N-ethyl adjacent to an activating group) is 1. The number of hydrogen-bond donors (Lipinski definition) is 1. The van der Waals surface area contributed by atoms with Crippen LogP contribution in [-0.2, 0) is 0 Å². The van der Waals surface area contributed by atoms with Crippen molar-refractivity contribution in [1.29, 1.82) is 0 Å². The number of aromatic nitrogens is 3. The van der Waals surface area contributed by atoms with Gasteiger partial charge in [0, 0.05) is 26.2 Å². The number of aromatic amines is 1. The Balaban J connectivity index is 1.84. The van der Waals surface area contributed by atoms with Crippen molar-refractivity contribution in [2.45, 2.75) is 18.9 Å². The van der Waals surface area contributed by atoms with Gasteiger partial charge in [-0.15, -0.1) is 5.10 Å². The molecular formula is C14H17N5S. The summed E-state index contributed by atoms with van der Waals surface area (Å²) in [5.41, 5.74) is 2.45. The van der Waals surface area contributed by atoms with Crippen LogP contribution in [-0.4, -0.2) is 34.9 Å². The van der Waals surface area contributed by atoms with Crippen LogP contribution in [0.5, 0.6) is 0 Å². The summed E-state index contributed by atoms with van der Waals surface area (Å²) in [5.74, 6) is 0.957. The summed E-state index contributed by atoms with van der Waals surface area (Å²) < 4.78 is 2.91. The Morgan fingerprint density at radius 2 is 1.95 bits per heavy atom. The normalized spacial score (nSPS) is 18.2. The van der Waals surface area contributed by atoms with E-state index in [9.17, 15) is 0 Å². The number of hydrogen-bond acceptors (Lipinski definition) is 4. The zero-order valence-electron chi connectivity index (χ0n) is 11.4. The van der Waals surface area contributed by atoms with Crippen LogP contribution in [0.2, 0.25) is 0 Å². The topological polar surface area (TPSA) is 40.1 Å². The lowest BCUT2D eigenvalue weighted by Gasteiger charge is -2.36. The smallest absolute Gasteiger partial charge is 0.230 e. The second-order valence-electron chi connectivity index (χ2n) is 5.49. The Kier molecular flexibility index (Phi) is 2.60. The van der Waals surface area contributed by atoms with E-state index in [1.807, 2.05) is 0 Å². The average Bonchev–Trinajstić information content (AvgIpc) is 3.23. The second kappa shape index (κ2) is 4.34. The maximum Gasteiger partial charge on any atom is 0.230 e. The summed E-state index contributed by atoms with van der Waals surface area (Å²) in [5, 5.41) is 7.44. The molecule has 0 unspecified atom stereocenters. The SMILES string of the molecule is CN1CCN(c2n[nH]c(=S)n2C2CC2)c2ccccc21. The maximum atomic E-state index is 5.39. The van der Waals surface area contributed by atoms with Gasteiger partial charge in [0.15, 0.2) is 4.77 Å². The van der Waals surface area contributed by atoms with Crippen LogP contribution in [0.3, 0.4) is 0 Å². The van der Waals surface area contributed by atoms with Gasteiger partial charge in [0.25, 0.3) is 0 Å². The number of para-hydroxylation sites is 2. The van der Waals surface area contributed by atoms with Crippen LogP contribution >= 0.6 is 12.2 Å². The molecule has 1 saturated carbocycles. The molecule has 0 spiro atoms. The number of H-pyrrole nitrogens is 1. The summed E-state index contributed by atoms with van der Waals surface area (Å²) >= 11 is 5.39. The van der Waals surface area contributed by atoms with Crippen molar-refractivity contribution in [2.24, 2.45) is 0 Å². The van der Waals surface area contributed by atoms with Gasteiger partial charge < -0.3 is 9.80 Å². The summed E-state index contributed by atoms with van der Waals surface area (Å²) in [6.07, 6.45) is 2.41. The van der Waals surface area contributed by atoms with E-state index in [1.165, 1.54) is 24.2 Å². The zero-order chi connectivity index (χ0) is 13.7. The number of anilines is 3. The minimum atomic E-state index is 0.531. The number of fused-ring (bicyclic) bond motifs is 1. The van der Waals surface area contributed by atoms with Gasteiger partial charge in [-0.1, -0.05) is 12.1 Å². The molecule has 1 fully saturated rings. The molecule has 0 radical (unpaired) electrons. The largest absolute Gasteiger partial charge is 0.371 e. The molecule has 0 bridgehead atoms. The van der Waals surface area contributed by atoms with Gasteiger partial charge in [-0.05, 0) is 37.2 Å². The van der Waals surface area contributed by atoms with Crippen molar-refractivity contribution >= 4 is 29.5 Å². The van der Waals surface area contributed by atoms with Crippen LogP contribution in [0.4, 0.5) is 17.3 Å². The fourth-order valence-corrected chi connectivity index (χ4v) is 3.14. The molecule has 0 saturated heterocycles. The van der Waals surface area contributed by atoms with Crippen LogP contribution in [0.25, 0.3) is 0 Å².